The molecule has 1 aliphatic heterocycles. The Bertz CT molecular complexity index is 1070. The van der Waals surface area contributed by atoms with Crippen LogP contribution in [0.25, 0.3) is 11.0 Å². The smallest absolute Gasteiger partial charge is 0.240 e. The van der Waals surface area contributed by atoms with Crippen LogP contribution in [0, 0.1) is 0 Å². The van der Waals surface area contributed by atoms with E-state index in [4.69, 9.17) is 0 Å². The van der Waals surface area contributed by atoms with Gasteiger partial charge in [-0.25, -0.2) is 27.8 Å². The van der Waals surface area contributed by atoms with Gasteiger partial charge in [0.15, 0.2) is 5.65 Å². The van der Waals surface area contributed by atoms with Crippen molar-refractivity contribution in [2.75, 3.05) is 24.5 Å². The minimum absolute atomic E-state index is 0.234. The van der Waals surface area contributed by atoms with Crippen molar-refractivity contribution in [2.45, 2.75) is 44.0 Å². The number of benzene rings is 1. The van der Waals surface area contributed by atoms with Gasteiger partial charge in [-0.05, 0) is 43.4 Å². The second-order valence-corrected chi connectivity index (χ2v) is 9.01. The first-order valence-electron chi connectivity index (χ1n) is 10.1. The van der Waals surface area contributed by atoms with Crippen molar-refractivity contribution in [2.24, 2.45) is 0 Å². The van der Waals surface area contributed by atoms with Gasteiger partial charge in [0.25, 0.3) is 0 Å². The summed E-state index contributed by atoms with van der Waals surface area (Å²) in [6.45, 7) is 4.65. The summed E-state index contributed by atoms with van der Waals surface area (Å²) in [5.41, 5.74) is 1.84. The largest absolute Gasteiger partial charge is 0.356 e. The van der Waals surface area contributed by atoms with E-state index in [1.165, 1.54) is 19.3 Å². The van der Waals surface area contributed by atoms with Crippen LogP contribution in [0.3, 0.4) is 0 Å². The molecule has 9 heteroatoms. The van der Waals surface area contributed by atoms with Gasteiger partial charge in [0.1, 0.15) is 12.1 Å². The number of piperidine rings is 1. The Hall–Kier alpha value is -2.52. The summed E-state index contributed by atoms with van der Waals surface area (Å²) in [5.74, 6) is 0.914. The van der Waals surface area contributed by atoms with Gasteiger partial charge < -0.3 is 4.90 Å². The maximum absolute atomic E-state index is 12.5. The van der Waals surface area contributed by atoms with Gasteiger partial charge in [-0.2, -0.15) is 5.10 Å². The zero-order valence-electron chi connectivity index (χ0n) is 16.6. The summed E-state index contributed by atoms with van der Waals surface area (Å²) >= 11 is 0. The molecule has 1 fully saturated rings. The van der Waals surface area contributed by atoms with Crippen LogP contribution >= 0.6 is 0 Å². The van der Waals surface area contributed by atoms with Gasteiger partial charge in [0.05, 0.1) is 23.0 Å². The van der Waals surface area contributed by atoms with Crippen LogP contribution in [0.5, 0.6) is 0 Å². The Morgan fingerprint density at radius 2 is 1.83 bits per heavy atom. The van der Waals surface area contributed by atoms with E-state index in [1.54, 1.807) is 29.3 Å². The fourth-order valence-electron chi connectivity index (χ4n) is 3.68. The Morgan fingerprint density at radius 3 is 2.55 bits per heavy atom. The molecule has 2 aromatic heterocycles. The first kappa shape index (κ1) is 19.8. The minimum Gasteiger partial charge on any atom is -0.356 e. The van der Waals surface area contributed by atoms with Crippen molar-refractivity contribution in [3.8, 4) is 0 Å². The Labute approximate surface area is 171 Å². The Balaban J connectivity index is 1.45. The molecule has 4 rings (SSSR count). The Morgan fingerprint density at radius 1 is 1.07 bits per heavy atom. The number of rotatable bonds is 7. The molecule has 1 N–H and O–H groups in total. The van der Waals surface area contributed by atoms with E-state index in [-0.39, 0.29) is 11.4 Å². The summed E-state index contributed by atoms with van der Waals surface area (Å²) in [7, 11) is -3.55. The number of nitrogens with zero attached hydrogens (tertiary/aromatic N) is 5. The van der Waals surface area contributed by atoms with Crippen LogP contribution in [-0.2, 0) is 23.0 Å². The number of fused-ring (bicyclic) bond motifs is 1. The molecular weight excluding hydrogens is 388 g/mol. The molecule has 0 unspecified atom stereocenters. The fraction of sp³-hybridized carbons (Fsp3) is 0.450. The number of hydrogen-bond donors (Lipinski definition) is 1. The molecule has 1 aromatic carbocycles. The maximum Gasteiger partial charge on any atom is 0.240 e. The van der Waals surface area contributed by atoms with Crippen molar-refractivity contribution >= 4 is 26.9 Å². The predicted molar refractivity (Wildman–Crippen MR) is 112 cm³/mol. The maximum atomic E-state index is 12.5. The summed E-state index contributed by atoms with van der Waals surface area (Å²) in [6, 6.07) is 6.97. The summed E-state index contributed by atoms with van der Waals surface area (Å²) in [5, 5.41) is 5.33. The zero-order valence-corrected chi connectivity index (χ0v) is 17.4. The van der Waals surface area contributed by atoms with E-state index in [2.05, 4.69) is 24.7 Å². The molecule has 0 amide bonds. The lowest BCUT2D eigenvalue weighted by Crippen LogP contribution is -2.30. The lowest BCUT2D eigenvalue weighted by molar-refractivity contribution is 0.564. The van der Waals surface area contributed by atoms with E-state index in [1.807, 2.05) is 19.1 Å². The third kappa shape index (κ3) is 4.25. The summed E-state index contributed by atoms with van der Waals surface area (Å²) in [6.07, 6.45) is 7.80. The lowest BCUT2D eigenvalue weighted by Gasteiger charge is -2.27. The molecule has 3 heterocycles. The molecule has 0 bridgehead atoms. The van der Waals surface area contributed by atoms with Crippen LogP contribution in [-0.4, -0.2) is 47.8 Å². The SMILES string of the molecule is CCc1ccc(S(=O)(=O)NCCn2ncc3c(N4CCCCC4)ncnc32)cc1. The van der Waals surface area contributed by atoms with Gasteiger partial charge in [-0.3, -0.25) is 0 Å². The molecule has 3 aromatic rings. The van der Waals surface area contributed by atoms with Crippen molar-refractivity contribution in [1.29, 1.82) is 0 Å². The molecule has 0 atom stereocenters. The second kappa shape index (κ2) is 8.46. The molecule has 1 aliphatic rings. The number of sulfonamides is 1. The van der Waals surface area contributed by atoms with Gasteiger partial charge in [-0.15, -0.1) is 0 Å². The zero-order chi connectivity index (χ0) is 20.3. The van der Waals surface area contributed by atoms with Crippen LogP contribution in [0.4, 0.5) is 5.82 Å². The van der Waals surface area contributed by atoms with E-state index < -0.39 is 10.0 Å². The summed E-state index contributed by atoms with van der Waals surface area (Å²) < 4.78 is 29.4. The normalized spacial score (nSPS) is 15.1. The highest BCUT2D eigenvalue weighted by atomic mass is 32.2. The van der Waals surface area contributed by atoms with Crippen LogP contribution < -0.4 is 9.62 Å². The monoisotopic (exact) mass is 414 g/mol. The molecule has 0 saturated carbocycles. The molecule has 0 spiro atoms. The number of anilines is 1. The number of aryl methyl sites for hydroxylation is 1. The van der Waals surface area contributed by atoms with Crippen LogP contribution in [0.2, 0.25) is 0 Å². The third-order valence-corrected chi connectivity index (χ3v) is 6.80. The quantitative estimate of drug-likeness (QED) is 0.638. The average molecular weight is 415 g/mol. The predicted octanol–water partition coefficient (Wildman–Crippen LogP) is 2.36. The van der Waals surface area contributed by atoms with E-state index in [0.29, 0.717) is 6.54 Å². The van der Waals surface area contributed by atoms with Crippen molar-refractivity contribution in [1.82, 2.24) is 24.5 Å². The topological polar surface area (TPSA) is 93.0 Å². The van der Waals surface area contributed by atoms with Crippen molar-refractivity contribution in [3.63, 3.8) is 0 Å². The van der Waals surface area contributed by atoms with Gasteiger partial charge >= 0.3 is 0 Å². The standard InChI is InChI=1S/C20H26N6O2S/c1-2-16-6-8-17(9-7-16)29(27,28)24-10-13-26-20-18(14-23-26)19(21-15-22-20)25-11-4-3-5-12-25/h6-9,14-15,24H,2-5,10-13H2,1H3. The molecule has 8 nitrogen and oxygen atoms in total. The molecule has 0 radical (unpaired) electrons. The van der Waals surface area contributed by atoms with E-state index in [0.717, 1.165) is 41.9 Å². The van der Waals surface area contributed by atoms with E-state index in [9.17, 15) is 8.42 Å². The van der Waals surface area contributed by atoms with Crippen molar-refractivity contribution in [3.05, 3.63) is 42.4 Å². The van der Waals surface area contributed by atoms with E-state index >= 15 is 0 Å². The molecule has 1 saturated heterocycles. The van der Waals surface area contributed by atoms with Crippen LogP contribution in [0.15, 0.2) is 41.7 Å². The average Bonchev–Trinajstić information content (AvgIpc) is 3.17. The first-order chi connectivity index (χ1) is 14.1. The number of nitrogens with one attached hydrogen (secondary N) is 1. The molecule has 154 valence electrons. The molecular formula is C20H26N6O2S. The van der Waals surface area contributed by atoms with Crippen LogP contribution in [0.1, 0.15) is 31.7 Å². The lowest BCUT2D eigenvalue weighted by atomic mass is 10.1. The highest BCUT2D eigenvalue weighted by Gasteiger charge is 2.18. The Kier molecular flexibility index (Phi) is 5.77. The first-order valence-corrected chi connectivity index (χ1v) is 11.6. The van der Waals surface area contributed by atoms with Gasteiger partial charge in [0, 0.05) is 19.6 Å². The molecule has 29 heavy (non-hydrogen) atoms. The highest BCUT2D eigenvalue weighted by Crippen LogP contribution is 2.25. The number of aromatic nitrogens is 4. The highest BCUT2D eigenvalue weighted by molar-refractivity contribution is 7.89. The van der Waals surface area contributed by atoms with Crippen molar-refractivity contribution < 1.29 is 8.42 Å². The fourth-order valence-corrected chi connectivity index (χ4v) is 4.70. The van der Waals surface area contributed by atoms with Gasteiger partial charge in [0.2, 0.25) is 10.0 Å². The number of hydrogen-bond acceptors (Lipinski definition) is 6. The summed E-state index contributed by atoms with van der Waals surface area (Å²) in [4.78, 5) is 11.4. The third-order valence-electron chi connectivity index (χ3n) is 5.33. The minimum atomic E-state index is -3.55. The second-order valence-electron chi connectivity index (χ2n) is 7.25. The van der Waals surface area contributed by atoms with Gasteiger partial charge in [-0.1, -0.05) is 19.1 Å². The molecule has 0 aliphatic carbocycles.